The molecule has 0 aliphatic rings. The molecule has 0 unspecified atom stereocenters. The third-order valence-electron chi connectivity index (χ3n) is 4.31. The minimum Gasteiger partial charge on any atom is -0.310 e. The molecule has 0 fully saturated rings. The van der Waals surface area contributed by atoms with E-state index in [-0.39, 0.29) is 0 Å². The first-order chi connectivity index (χ1) is 13.2. The number of aromatic nitrogens is 1. The molecule has 132 valence electrons. The van der Waals surface area contributed by atoms with Crippen LogP contribution in [0.2, 0.25) is 0 Å². The van der Waals surface area contributed by atoms with E-state index < -0.39 is 0 Å². The second-order valence-corrected chi connectivity index (χ2v) is 7.87. The van der Waals surface area contributed by atoms with E-state index >= 15 is 0 Å². The Balaban J connectivity index is 1.92. The summed E-state index contributed by atoms with van der Waals surface area (Å²) in [6.07, 6.45) is 3.66. The van der Waals surface area contributed by atoms with E-state index in [1.165, 1.54) is 0 Å². The Bertz CT molecular complexity index is 984. The van der Waals surface area contributed by atoms with Gasteiger partial charge < -0.3 is 4.90 Å². The first kappa shape index (κ1) is 18.0. The topological polar surface area (TPSA) is 16.1 Å². The van der Waals surface area contributed by atoms with Crippen molar-refractivity contribution in [3.8, 4) is 11.1 Å². The molecule has 27 heavy (non-hydrogen) atoms. The van der Waals surface area contributed by atoms with Gasteiger partial charge in [-0.2, -0.15) is 0 Å². The maximum absolute atomic E-state index is 4.16. The Kier molecular flexibility index (Phi) is 5.37. The first-order valence-corrected chi connectivity index (χ1v) is 10.1. The highest BCUT2D eigenvalue weighted by atomic mass is 79.9. The third kappa shape index (κ3) is 3.97. The summed E-state index contributed by atoms with van der Waals surface area (Å²) in [6.45, 7) is 0. The van der Waals surface area contributed by atoms with E-state index in [9.17, 15) is 0 Å². The fraction of sp³-hybridized carbons (Fsp3) is 0. The van der Waals surface area contributed by atoms with Gasteiger partial charge in [-0.25, -0.2) is 0 Å². The summed E-state index contributed by atoms with van der Waals surface area (Å²) < 4.78 is 2.12. The normalized spacial score (nSPS) is 10.6. The van der Waals surface area contributed by atoms with Crippen LogP contribution in [0.15, 0.2) is 106 Å². The SMILES string of the molecule is Brc1ccc(N(c2ccc(Br)cc2)c2ccccc2-c2ccncc2)cc1. The maximum Gasteiger partial charge on any atom is 0.0540 e. The smallest absolute Gasteiger partial charge is 0.0540 e. The quantitative estimate of drug-likeness (QED) is 0.297. The molecule has 0 atom stereocenters. The first-order valence-electron chi connectivity index (χ1n) is 8.53. The second kappa shape index (κ2) is 8.07. The number of rotatable bonds is 4. The Morgan fingerprint density at radius 1 is 0.593 bits per heavy atom. The van der Waals surface area contributed by atoms with E-state index in [1.54, 1.807) is 0 Å². The van der Waals surface area contributed by atoms with Crippen LogP contribution in [0.4, 0.5) is 17.1 Å². The number of hydrogen-bond acceptors (Lipinski definition) is 2. The molecule has 0 spiro atoms. The molecular weight excluding hydrogens is 464 g/mol. The van der Waals surface area contributed by atoms with E-state index in [2.05, 4.69) is 115 Å². The Hall–Kier alpha value is -2.43. The number of halogens is 2. The van der Waals surface area contributed by atoms with Crippen molar-refractivity contribution in [2.75, 3.05) is 4.90 Å². The zero-order chi connectivity index (χ0) is 18.6. The molecule has 4 aromatic rings. The molecule has 0 aliphatic carbocycles. The standard InChI is InChI=1S/C23H16Br2N2/c24-18-5-9-20(10-6-18)27(21-11-7-19(25)8-12-21)23-4-2-1-3-22(23)17-13-15-26-16-14-17/h1-16H. The van der Waals surface area contributed by atoms with Crippen LogP contribution in [0.1, 0.15) is 0 Å². The molecule has 0 saturated carbocycles. The van der Waals surface area contributed by atoms with Crippen LogP contribution in [0.5, 0.6) is 0 Å². The van der Waals surface area contributed by atoms with Crippen molar-refractivity contribution >= 4 is 48.9 Å². The molecule has 4 rings (SSSR count). The molecule has 0 N–H and O–H groups in total. The highest BCUT2D eigenvalue weighted by Crippen LogP contribution is 2.40. The van der Waals surface area contributed by atoms with E-state index in [4.69, 9.17) is 0 Å². The average molecular weight is 480 g/mol. The third-order valence-corrected chi connectivity index (χ3v) is 5.36. The Morgan fingerprint density at radius 3 is 1.67 bits per heavy atom. The zero-order valence-electron chi connectivity index (χ0n) is 14.4. The Morgan fingerprint density at radius 2 is 1.11 bits per heavy atom. The van der Waals surface area contributed by atoms with E-state index in [0.29, 0.717) is 0 Å². The maximum atomic E-state index is 4.16. The van der Waals surface area contributed by atoms with Crippen molar-refractivity contribution in [1.82, 2.24) is 4.98 Å². The summed E-state index contributed by atoms with van der Waals surface area (Å²) >= 11 is 7.07. The lowest BCUT2D eigenvalue weighted by Gasteiger charge is -2.28. The largest absolute Gasteiger partial charge is 0.310 e. The van der Waals surface area contributed by atoms with Crippen LogP contribution in [-0.4, -0.2) is 4.98 Å². The lowest BCUT2D eigenvalue weighted by molar-refractivity contribution is 1.27. The molecule has 3 aromatic carbocycles. The van der Waals surface area contributed by atoms with Crippen LogP contribution < -0.4 is 4.90 Å². The van der Waals surface area contributed by atoms with Crippen molar-refractivity contribution in [2.24, 2.45) is 0 Å². The minimum atomic E-state index is 1.06. The molecule has 0 radical (unpaired) electrons. The Labute approximate surface area is 175 Å². The van der Waals surface area contributed by atoms with Crippen molar-refractivity contribution in [3.05, 3.63) is 106 Å². The molecule has 0 amide bonds. The van der Waals surface area contributed by atoms with Gasteiger partial charge in [0.05, 0.1) is 5.69 Å². The van der Waals surface area contributed by atoms with Crippen molar-refractivity contribution in [2.45, 2.75) is 0 Å². The summed E-state index contributed by atoms with van der Waals surface area (Å²) in [5.41, 5.74) is 5.61. The number of pyridine rings is 1. The van der Waals surface area contributed by atoms with Gasteiger partial charge in [-0.05, 0) is 72.3 Å². The summed E-state index contributed by atoms with van der Waals surface area (Å²) in [7, 11) is 0. The van der Waals surface area contributed by atoms with Crippen molar-refractivity contribution in [1.29, 1.82) is 0 Å². The van der Waals surface area contributed by atoms with Gasteiger partial charge in [0.2, 0.25) is 0 Å². The number of benzene rings is 3. The lowest BCUT2D eigenvalue weighted by atomic mass is 10.0. The second-order valence-electron chi connectivity index (χ2n) is 6.04. The number of para-hydroxylation sites is 1. The van der Waals surface area contributed by atoms with Gasteiger partial charge in [0, 0.05) is 38.3 Å². The van der Waals surface area contributed by atoms with Crippen molar-refractivity contribution in [3.63, 3.8) is 0 Å². The molecular formula is C23H16Br2N2. The molecule has 0 bridgehead atoms. The summed E-state index contributed by atoms with van der Waals surface area (Å²) in [5, 5.41) is 0. The minimum absolute atomic E-state index is 1.06. The molecule has 0 saturated heterocycles. The predicted octanol–water partition coefficient (Wildman–Crippen LogP) is 7.74. The summed E-state index contributed by atoms with van der Waals surface area (Å²) in [6, 6.07) is 29.3. The fourth-order valence-corrected chi connectivity index (χ4v) is 3.58. The van der Waals surface area contributed by atoms with Gasteiger partial charge in [0.25, 0.3) is 0 Å². The molecule has 2 nitrogen and oxygen atoms in total. The number of nitrogens with zero attached hydrogens (tertiary/aromatic N) is 2. The monoisotopic (exact) mass is 478 g/mol. The van der Waals surface area contributed by atoms with E-state index in [0.717, 1.165) is 37.1 Å². The van der Waals surface area contributed by atoms with Crippen LogP contribution in [-0.2, 0) is 0 Å². The van der Waals surface area contributed by atoms with Gasteiger partial charge in [-0.15, -0.1) is 0 Å². The number of hydrogen-bond donors (Lipinski definition) is 0. The average Bonchev–Trinajstić information content (AvgIpc) is 2.72. The molecule has 0 aliphatic heterocycles. The van der Waals surface area contributed by atoms with E-state index in [1.807, 2.05) is 24.5 Å². The molecule has 1 aromatic heterocycles. The fourth-order valence-electron chi connectivity index (χ4n) is 3.05. The van der Waals surface area contributed by atoms with Crippen LogP contribution >= 0.6 is 31.9 Å². The molecule has 4 heteroatoms. The number of anilines is 3. The van der Waals surface area contributed by atoms with Crippen molar-refractivity contribution < 1.29 is 0 Å². The van der Waals surface area contributed by atoms with Crippen LogP contribution in [0.25, 0.3) is 11.1 Å². The van der Waals surface area contributed by atoms with Crippen LogP contribution in [0.3, 0.4) is 0 Å². The zero-order valence-corrected chi connectivity index (χ0v) is 17.6. The predicted molar refractivity (Wildman–Crippen MR) is 120 cm³/mol. The van der Waals surface area contributed by atoms with Gasteiger partial charge in [-0.3, -0.25) is 4.98 Å². The molecule has 1 heterocycles. The van der Waals surface area contributed by atoms with Gasteiger partial charge in [-0.1, -0.05) is 50.1 Å². The van der Waals surface area contributed by atoms with Gasteiger partial charge in [0.15, 0.2) is 0 Å². The highest BCUT2D eigenvalue weighted by Gasteiger charge is 2.16. The lowest BCUT2D eigenvalue weighted by Crippen LogP contribution is -2.11. The summed E-state index contributed by atoms with van der Waals surface area (Å²) in [5.74, 6) is 0. The van der Waals surface area contributed by atoms with Gasteiger partial charge in [0.1, 0.15) is 0 Å². The summed E-state index contributed by atoms with van der Waals surface area (Å²) in [4.78, 5) is 6.43. The van der Waals surface area contributed by atoms with Crippen LogP contribution in [0, 0.1) is 0 Å². The highest BCUT2D eigenvalue weighted by molar-refractivity contribution is 9.10. The van der Waals surface area contributed by atoms with Gasteiger partial charge >= 0.3 is 0 Å².